The first-order valence-electron chi connectivity index (χ1n) is 21.1. The summed E-state index contributed by atoms with van der Waals surface area (Å²) in [4.78, 5) is 63.3. The molecule has 0 bridgehead atoms. The lowest BCUT2D eigenvalue weighted by Crippen LogP contribution is -2.50. The highest BCUT2D eigenvalue weighted by molar-refractivity contribution is 5.99. The number of hydrogen-bond donors (Lipinski definition) is 2. The van der Waals surface area contributed by atoms with Gasteiger partial charge in [-0.2, -0.15) is 0 Å². The Morgan fingerprint density at radius 1 is 0.500 bits per heavy atom. The molecule has 4 saturated heterocycles. The second-order valence-corrected chi connectivity index (χ2v) is 15.7. The van der Waals surface area contributed by atoms with Crippen LogP contribution in [0.4, 0.5) is 11.4 Å². The molecule has 4 amide bonds. The largest absolute Gasteiger partial charge is 0.379 e. The van der Waals surface area contributed by atoms with E-state index in [1.807, 2.05) is 109 Å². The van der Waals surface area contributed by atoms with E-state index in [4.69, 9.17) is 9.47 Å². The van der Waals surface area contributed by atoms with Crippen LogP contribution in [-0.2, 0) is 28.7 Å². The van der Waals surface area contributed by atoms with E-state index in [-0.39, 0.29) is 23.6 Å². The molecule has 4 aliphatic heterocycles. The molecule has 0 saturated carbocycles. The number of hydrogen-bond acceptors (Lipinski definition) is 8. The number of ether oxygens (including phenoxy) is 2. The van der Waals surface area contributed by atoms with Crippen molar-refractivity contribution >= 4 is 35.0 Å². The molecule has 0 spiro atoms. The third-order valence-corrected chi connectivity index (χ3v) is 11.9. The number of likely N-dealkylation sites (tertiary alicyclic amines) is 2. The summed E-state index contributed by atoms with van der Waals surface area (Å²) in [5.41, 5.74) is 4.67. The zero-order valence-corrected chi connectivity index (χ0v) is 33.8. The lowest BCUT2D eigenvalue weighted by molar-refractivity contribution is -0.143. The Balaban J connectivity index is 0.859. The Kier molecular flexibility index (Phi) is 13.3. The lowest BCUT2D eigenvalue weighted by Gasteiger charge is -2.37. The van der Waals surface area contributed by atoms with Crippen LogP contribution in [0.25, 0.3) is 0 Å². The van der Waals surface area contributed by atoms with E-state index in [1.54, 1.807) is 9.80 Å². The molecule has 4 atom stereocenters. The Hall–Kier alpha value is -5.84. The monoisotopic (exact) mass is 808 g/mol. The van der Waals surface area contributed by atoms with Gasteiger partial charge in [-0.15, -0.1) is 0 Å². The van der Waals surface area contributed by atoms with Crippen LogP contribution in [0, 0.1) is 11.8 Å². The summed E-state index contributed by atoms with van der Waals surface area (Å²) in [5, 5.41) is 6.06. The fourth-order valence-electron chi connectivity index (χ4n) is 8.75. The van der Waals surface area contributed by atoms with Gasteiger partial charge in [0.05, 0.1) is 26.4 Å². The molecule has 8 rings (SSSR count). The van der Waals surface area contributed by atoms with Gasteiger partial charge in [0.15, 0.2) is 0 Å². The summed E-state index contributed by atoms with van der Waals surface area (Å²) in [5.74, 6) is 5.87. The zero-order valence-electron chi connectivity index (χ0n) is 33.8. The number of carbonyl (C=O) groups excluding carboxylic acids is 4. The van der Waals surface area contributed by atoms with E-state index in [9.17, 15) is 19.2 Å². The number of rotatable bonds is 10. The van der Waals surface area contributed by atoms with Gasteiger partial charge in [-0.25, -0.2) is 0 Å². The van der Waals surface area contributed by atoms with Crippen LogP contribution in [0.15, 0.2) is 109 Å². The molecular weight excluding hydrogens is 757 g/mol. The van der Waals surface area contributed by atoms with Gasteiger partial charge in [0.25, 0.3) is 0 Å². The summed E-state index contributed by atoms with van der Waals surface area (Å²) >= 11 is 0. The van der Waals surface area contributed by atoms with Crippen LogP contribution in [0.5, 0.6) is 0 Å². The molecule has 2 N–H and O–H groups in total. The molecule has 0 aromatic heterocycles. The third kappa shape index (κ3) is 9.61. The van der Waals surface area contributed by atoms with Crippen molar-refractivity contribution in [3.8, 4) is 11.8 Å². The van der Waals surface area contributed by atoms with Crippen molar-refractivity contribution < 1.29 is 28.7 Å². The van der Waals surface area contributed by atoms with Crippen LogP contribution in [-0.4, -0.2) is 121 Å². The van der Waals surface area contributed by atoms with E-state index in [1.165, 1.54) is 0 Å². The van der Waals surface area contributed by atoms with Crippen molar-refractivity contribution in [1.29, 1.82) is 0 Å². The van der Waals surface area contributed by atoms with E-state index in [0.717, 1.165) is 35.1 Å². The van der Waals surface area contributed by atoms with Gasteiger partial charge < -0.3 is 29.9 Å². The average Bonchev–Trinajstić information content (AvgIpc) is 4.00. The maximum atomic E-state index is 14.1. The normalized spacial score (nSPS) is 20.7. The molecule has 60 heavy (non-hydrogen) atoms. The second kappa shape index (κ2) is 19.5. The smallest absolute Gasteiger partial charge is 0.247 e. The van der Waals surface area contributed by atoms with Gasteiger partial charge >= 0.3 is 0 Å². The molecule has 4 fully saturated rings. The zero-order chi connectivity index (χ0) is 41.3. The Morgan fingerprint density at radius 2 is 0.867 bits per heavy atom. The first-order chi connectivity index (χ1) is 29.4. The van der Waals surface area contributed by atoms with Crippen molar-refractivity contribution in [2.45, 2.75) is 49.9 Å². The SMILES string of the molecule is O=C(Nc1ccc(C#Cc2ccc(NC(=O)[C@@H]3CCCN3C(=O)[C@@H](c3ccccc3)N3CCOCC3)cc2)cc1)[C@@H]1CCCN1C(=O)[C@@H](c1ccccc1)N1CCOCC1. The summed E-state index contributed by atoms with van der Waals surface area (Å²) in [6.45, 7) is 6.01. The van der Waals surface area contributed by atoms with E-state index >= 15 is 0 Å². The lowest BCUT2D eigenvalue weighted by atomic mass is 10.0. The highest BCUT2D eigenvalue weighted by Gasteiger charge is 2.41. The van der Waals surface area contributed by atoms with Gasteiger partial charge in [-0.1, -0.05) is 72.5 Å². The topological polar surface area (TPSA) is 124 Å². The molecule has 4 aliphatic rings. The first-order valence-corrected chi connectivity index (χ1v) is 21.1. The minimum absolute atomic E-state index is 0.0499. The fraction of sp³-hybridized carbons (Fsp3) is 0.375. The van der Waals surface area contributed by atoms with Crippen molar-refractivity contribution in [1.82, 2.24) is 19.6 Å². The summed E-state index contributed by atoms with van der Waals surface area (Å²) in [6.07, 6.45) is 2.75. The standard InChI is InChI=1S/C48H52N6O6/c55-45(41-13-7-25-53(41)47(57)43(37-9-3-1-4-10-37)51-27-31-59-32-28-51)49-39-21-17-35(18-22-39)15-16-36-19-23-40(24-20-36)50-46(56)42-14-8-26-54(42)48(58)44(38-11-5-2-6-12-38)52-29-33-60-34-30-52/h1-6,9-12,17-24,41-44H,7-8,13-14,25-34H2,(H,49,55)(H,50,56)/t41-,42-,43+,44+/m0/s1. The number of benzene rings is 4. The van der Waals surface area contributed by atoms with Gasteiger partial charge in [0.1, 0.15) is 24.2 Å². The van der Waals surface area contributed by atoms with E-state index in [0.29, 0.717) is 89.9 Å². The molecule has 4 aromatic carbocycles. The van der Waals surface area contributed by atoms with Crippen LogP contribution < -0.4 is 10.6 Å². The van der Waals surface area contributed by atoms with Crippen LogP contribution in [0.3, 0.4) is 0 Å². The Morgan fingerprint density at radius 3 is 1.23 bits per heavy atom. The second-order valence-electron chi connectivity index (χ2n) is 15.7. The van der Waals surface area contributed by atoms with Gasteiger partial charge in [0.2, 0.25) is 23.6 Å². The Bertz CT molecular complexity index is 2010. The average molecular weight is 809 g/mol. The third-order valence-electron chi connectivity index (χ3n) is 11.9. The number of nitrogens with one attached hydrogen (secondary N) is 2. The van der Waals surface area contributed by atoms with Crippen LogP contribution >= 0.6 is 0 Å². The molecule has 4 aromatic rings. The van der Waals surface area contributed by atoms with Gasteiger partial charge in [-0.3, -0.25) is 29.0 Å². The number of nitrogens with zero attached hydrogens (tertiary/aromatic N) is 4. The highest BCUT2D eigenvalue weighted by Crippen LogP contribution is 2.31. The minimum Gasteiger partial charge on any atom is -0.379 e. The van der Waals surface area contributed by atoms with Crippen molar-refractivity contribution in [2.24, 2.45) is 0 Å². The molecule has 0 radical (unpaired) electrons. The number of anilines is 2. The van der Waals surface area contributed by atoms with Gasteiger partial charge in [0, 0.05) is 61.8 Å². The van der Waals surface area contributed by atoms with Crippen LogP contribution in [0.2, 0.25) is 0 Å². The molecular formula is C48H52N6O6. The highest BCUT2D eigenvalue weighted by atomic mass is 16.5. The van der Waals surface area contributed by atoms with Crippen molar-refractivity contribution in [2.75, 3.05) is 76.3 Å². The van der Waals surface area contributed by atoms with Crippen molar-refractivity contribution in [3.63, 3.8) is 0 Å². The molecule has 12 heteroatoms. The summed E-state index contributed by atoms with van der Waals surface area (Å²) in [7, 11) is 0. The number of amides is 4. The predicted octanol–water partition coefficient (Wildman–Crippen LogP) is 5.09. The molecule has 4 heterocycles. The molecule has 0 unspecified atom stereocenters. The fourth-order valence-corrected chi connectivity index (χ4v) is 8.75. The molecule has 310 valence electrons. The molecule has 12 nitrogen and oxygen atoms in total. The quantitative estimate of drug-likeness (QED) is 0.213. The maximum Gasteiger partial charge on any atom is 0.247 e. The van der Waals surface area contributed by atoms with E-state index in [2.05, 4.69) is 32.3 Å². The first kappa shape index (κ1) is 40.9. The van der Waals surface area contributed by atoms with Crippen LogP contribution in [0.1, 0.15) is 60.0 Å². The van der Waals surface area contributed by atoms with Crippen molar-refractivity contribution in [3.05, 3.63) is 131 Å². The van der Waals surface area contributed by atoms with E-state index < -0.39 is 24.2 Å². The summed E-state index contributed by atoms with van der Waals surface area (Å²) < 4.78 is 11.1. The maximum absolute atomic E-state index is 14.1. The molecule has 0 aliphatic carbocycles. The Labute approximate surface area is 351 Å². The minimum atomic E-state index is -0.552. The predicted molar refractivity (Wildman–Crippen MR) is 229 cm³/mol. The van der Waals surface area contributed by atoms with Gasteiger partial charge in [-0.05, 0) is 85.3 Å². The summed E-state index contributed by atoms with van der Waals surface area (Å²) in [6, 6.07) is 32.3. The number of carbonyl (C=O) groups is 4. The number of morpholine rings is 2.